The number of amides is 1. The lowest BCUT2D eigenvalue weighted by molar-refractivity contribution is -0.131. The minimum Gasteiger partial charge on any atom is -0.328 e. The van der Waals surface area contributed by atoms with Gasteiger partial charge in [0.15, 0.2) is 0 Å². The summed E-state index contributed by atoms with van der Waals surface area (Å²) < 4.78 is 0. The van der Waals surface area contributed by atoms with Crippen LogP contribution in [0.15, 0.2) is 42.5 Å². The van der Waals surface area contributed by atoms with Gasteiger partial charge in [-0.3, -0.25) is 10.0 Å². The van der Waals surface area contributed by atoms with E-state index in [9.17, 15) is 4.79 Å². The van der Waals surface area contributed by atoms with Crippen molar-refractivity contribution in [2.75, 3.05) is 6.54 Å². The molecule has 0 heterocycles. The van der Waals surface area contributed by atoms with Crippen LogP contribution >= 0.6 is 0 Å². The van der Waals surface area contributed by atoms with Crippen molar-refractivity contribution in [1.29, 1.82) is 0 Å². The molecular formula is C14H17N3O2. The van der Waals surface area contributed by atoms with Crippen molar-refractivity contribution in [2.45, 2.75) is 12.6 Å². The van der Waals surface area contributed by atoms with Gasteiger partial charge in [-0.15, -0.1) is 0 Å². The molecule has 0 saturated carbocycles. The van der Waals surface area contributed by atoms with Crippen LogP contribution in [0.4, 0.5) is 0 Å². The van der Waals surface area contributed by atoms with E-state index in [1.54, 1.807) is 5.48 Å². The summed E-state index contributed by atoms with van der Waals surface area (Å²) in [6.45, 7) is 0.639. The summed E-state index contributed by atoms with van der Waals surface area (Å²) >= 11 is 0. The highest BCUT2D eigenvalue weighted by atomic mass is 16.5. The molecule has 2 aromatic rings. The van der Waals surface area contributed by atoms with E-state index < -0.39 is 11.9 Å². The first-order chi connectivity index (χ1) is 9.24. The molecule has 0 aliphatic heterocycles. The Morgan fingerprint density at radius 3 is 2.63 bits per heavy atom. The lowest BCUT2D eigenvalue weighted by Crippen LogP contribution is -2.47. The number of hydrogen-bond donors (Lipinski definition) is 4. The van der Waals surface area contributed by atoms with Crippen LogP contribution in [0.1, 0.15) is 5.56 Å². The second-order valence-electron chi connectivity index (χ2n) is 4.33. The van der Waals surface area contributed by atoms with Crippen molar-refractivity contribution in [2.24, 2.45) is 5.73 Å². The zero-order valence-electron chi connectivity index (χ0n) is 10.5. The third-order valence-electron chi connectivity index (χ3n) is 3.03. The lowest BCUT2D eigenvalue weighted by atomic mass is 10.1. The van der Waals surface area contributed by atoms with Gasteiger partial charge < -0.3 is 11.1 Å². The molecule has 0 unspecified atom stereocenters. The molecule has 0 spiro atoms. The smallest absolute Gasteiger partial charge is 0.261 e. The van der Waals surface area contributed by atoms with Crippen LogP contribution < -0.4 is 16.5 Å². The van der Waals surface area contributed by atoms with Crippen molar-refractivity contribution < 1.29 is 10.0 Å². The number of carbonyl (C=O) groups excluding carboxylic acids is 1. The summed E-state index contributed by atoms with van der Waals surface area (Å²) in [6.07, 6.45) is 0. The van der Waals surface area contributed by atoms with E-state index in [-0.39, 0.29) is 6.54 Å². The van der Waals surface area contributed by atoms with Gasteiger partial charge >= 0.3 is 0 Å². The van der Waals surface area contributed by atoms with E-state index in [0.717, 1.165) is 10.9 Å². The fraction of sp³-hybridized carbons (Fsp3) is 0.214. The third kappa shape index (κ3) is 3.29. The molecule has 19 heavy (non-hydrogen) atoms. The van der Waals surface area contributed by atoms with Crippen LogP contribution in [0, 0.1) is 0 Å². The topological polar surface area (TPSA) is 87.4 Å². The molecule has 0 aliphatic carbocycles. The number of nitrogens with one attached hydrogen (secondary N) is 2. The maximum absolute atomic E-state index is 11.3. The molecule has 5 N–H and O–H groups in total. The Morgan fingerprint density at radius 1 is 1.21 bits per heavy atom. The largest absolute Gasteiger partial charge is 0.328 e. The Balaban J connectivity index is 2.07. The summed E-state index contributed by atoms with van der Waals surface area (Å²) in [5.41, 5.74) is 8.13. The highest BCUT2D eigenvalue weighted by molar-refractivity contribution is 5.83. The molecule has 1 amide bonds. The fourth-order valence-corrected chi connectivity index (χ4v) is 1.95. The van der Waals surface area contributed by atoms with Gasteiger partial charge in [-0.2, -0.15) is 0 Å². The van der Waals surface area contributed by atoms with Gasteiger partial charge in [-0.25, -0.2) is 5.48 Å². The monoisotopic (exact) mass is 259 g/mol. The van der Waals surface area contributed by atoms with Crippen molar-refractivity contribution in [1.82, 2.24) is 10.8 Å². The van der Waals surface area contributed by atoms with E-state index in [2.05, 4.69) is 17.4 Å². The van der Waals surface area contributed by atoms with Crippen LogP contribution in [0.25, 0.3) is 10.8 Å². The van der Waals surface area contributed by atoms with E-state index in [0.29, 0.717) is 6.54 Å². The van der Waals surface area contributed by atoms with Gasteiger partial charge in [-0.1, -0.05) is 36.4 Å². The molecule has 2 aromatic carbocycles. The Morgan fingerprint density at radius 2 is 1.95 bits per heavy atom. The quantitative estimate of drug-likeness (QED) is 0.471. The molecule has 0 aliphatic rings. The Bertz CT molecular complexity index is 571. The summed E-state index contributed by atoms with van der Waals surface area (Å²) in [4.78, 5) is 11.3. The standard InChI is InChI=1S/C14H17N3O2/c15-8-13(14(18)17-19)16-9-10-5-6-11-3-1-2-4-12(11)7-10/h1-7,13,16,19H,8-9,15H2,(H,17,18)/t13-/m0/s1. The van der Waals surface area contributed by atoms with Crippen LogP contribution in [0.2, 0.25) is 0 Å². The van der Waals surface area contributed by atoms with Gasteiger partial charge in [-0.05, 0) is 22.4 Å². The first-order valence-corrected chi connectivity index (χ1v) is 6.09. The molecule has 0 saturated heterocycles. The maximum atomic E-state index is 11.3. The third-order valence-corrected chi connectivity index (χ3v) is 3.03. The number of hydroxylamine groups is 1. The first-order valence-electron chi connectivity index (χ1n) is 6.09. The Hall–Kier alpha value is -1.95. The zero-order valence-corrected chi connectivity index (χ0v) is 10.5. The van der Waals surface area contributed by atoms with Crippen molar-refractivity contribution in [3.63, 3.8) is 0 Å². The van der Waals surface area contributed by atoms with Gasteiger partial charge in [0.2, 0.25) is 0 Å². The summed E-state index contributed by atoms with van der Waals surface area (Å²) in [7, 11) is 0. The molecule has 100 valence electrons. The molecule has 0 radical (unpaired) electrons. The summed E-state index contributed by atoms with van der Waals surface area (Å²) in [5.74, 6) is -0.525. The molecule has 1 atom stereocenters. The predicted molar refractivity (Wildman–Crippen MR) is 73.6 cm³/mol. The number of nitrogens with two attached hydrogens (primary N) is 1. The summed E-state index contributed by atoms with van der Waals surface area (Å²) in [5, 5.41) is 13.9. The molecule has 5 heteroatoms. The van der Waals surface area contributed by atoms with Crippen molar-refractivity contribution >= 4 is 16.7 Å². The number of fused-ring (bicyclic) bond motifs is 1. The Kier molecular flexibility index (Phi) is 4.46. The molecule has 0 aromatic heterocycles. The van der Waals surface area contributed by atoms with Crippen LogP contribution in [0.5, 0.6) is 0 Å². The predicted octanol–water partition coefficient (Wildman–Crippen LogP) is 0.762. The highest BCUT2D eigenvalue weighted by Crippen LogP contribution is 2.15. The van der Waals surface area contributed by atoms with Crippen LogP contribution in [-0.2, 0) is 11.3 Å². The average Bonchev–Trinajstić information content (AvgIpc) is 2.47. The number of hydrogen-bond acceptors (Lipinski definition) is 4. The molecular weight excluding hydrogens is 242 g/mol. The van der Waals surface area contributed by atoms with E-state index in [4.69, 9.17) is 10.9 Å². The maximum Gasteiger partial charge on any atom is 0.261 e. The van der Waals surface area contributed by atoms with Gasteiger partial charge in [0, 0.05) is 13.1 Å². The first kappa shape index (κ1) is 13.5. The normalized spacial score (nSPS) is 12.3. The molecule has 2 rings (SSSR count). The van der Waals surface area contributed by atoms with Crippen LogP contribution in [0.3, 0.4) is 0 Å². The zero-order chi connectivity index (χ0) is 13.7. The number of carbonyl (C=O) groups is 1. The van der Waals surface area contributed by atoms with Gasteiger partial charge in [0.25, 0.3) is 5.91 Å². The lowest BCUT2D eigenvalue weighted by Gasteiger charge is -2.14. The molecule has 5 nitrogen and oxygen atoms in total. The van der Waals surface area contributed by atoms with Crippen LogP contribution in [-0.4, -0.2) is 23.7 Å². The van der Waals surface area contributed by atoms with Gasteiger partial charge in [0.1, 0.15) is 6.04 Å². The minimum absolute atomic E-state index is 0.125. The second kappa shape index (κ2) is 6.29. The molecule has 0 fully saturated rings. The highest BCUT2D eigenvalue weighted by Gasteiger charge is 2.14. The van der Waals surface area contributed by atoms with E-state index in [1.165, 1.54) is 5.39 Å². The second-order valence-corrected chi connectivity index (χ2v) is 4.33. The SMILES string of the molecule is NC[C@H](NCc1ccc2ccccc2c1)C(=O)NO. The average molecular weight is 259 g/mol. The van der Waals surface area contributed by atoms with Crippen molar-refractivity contribution in [3.8, 4) is 0 Å². The number of rotatable bonds is 5. The van der Waals surface area contributed by atoms with Crippen molar-refractivity contribution in [3.05, 3.63) is 48.0 Å². The van der Waals surface area contributed by atoms with E-state index in [1.807, 2.05) is 30.3 Å². The number of benzene rings is 2. The molecule has 0 bridgehead atoms. The van der Waals surface area contributed by atoms with Gasteiger partial charge in [0.05, 0.1) is 0 Å². The van der Waals surface area contributed by atoms with E-state index >= 15 is 0 Å². The Labute approximate surface area is 111 Å². The minimum atomic E-state index is -0.600. The fourth-order valence-electron chi connectivity index (χ4n) is 1.95. The summed E-state index contributed by atoms with van der Waals surface area (Å²) in [6, 6.07) is 13.6.